The van der Waals surface area contributed by atoms with Gasteiger partial charge in [0.25, 0.3) is 0 Å². The molecule has 2 fully saturated rings. The number of methoxy groups -OCH3 is 1. The normalized spacial score (nSPS) is 17.2. The second-order valence-corrected chi connectivity index (χ2v) is 13.1. The van der Waals surface area contributed by atoms with Crippen LogP contribution in [0.5, 0.6) is 17.2 Å². The van der Waals surface area contributed by atoms with Gasteiger partial charge in [0.05, 0.1) is 19.8 Å². The van der Waals surface area contributed by atoms with Gasteiger partial charge in [-0.2, -0.15) is 0 Å². The number of epoxide rings is 2. The summed E-state index contributed by atoms with van der Waals surface area (Å²) in [5.74, 6) is 2.51. The van der Waals surface area contributed by atoms with Gasteiger partial charge in [0, 0.05) is 36.5 Å². The molecule has 0 spiro atoms. The van der Waals surface area contributed by atoms with Gasteiger partial charge in [0.2, 0.25) is 0 Å². The molecule has 0 aliphatic carbocycles. The number of aliphatic hydroxyl groups excluding tert-OH is 1. The third kappa shape index (κ3) is 10.9. The van der Waals surface area contributed by atoms with Crippen LogP contribution in [-0.2, 0) is 43.6 Å². The van der Waals surface area contributed by atoms with Crippen molar-refractivity contribution >= 4 is 0 Å². The monoisotopic (exact) mass is 691 g/mol. The Bertz CT molecular complexity index is 1500. The fourth-order valence-electron chi connectivity index (χ4n) is 5.23. The second-order valence-electron chi connectivity index (χ2n) is 13.1. The summed E-state index contributed by atoms with van der Waals surface area (Å²) in [6.07, 6.45) is -0.0637. The summed E-state index contributed by atoms with van der Waals surface area (Å²) in [7, 11) is 1.56. The van der Waals surface area contributed by atoms with E-state index in [4.69, 9.17) is 28.4 Å². The molecule has 0 aromatic heterocycles. The van der Waals surface area contributed by atoms with Crippen molar-refractivity contribution in [2.45, 2.75) is 56.8 Å². The fraction of sp³-hybridized carbons (Fsp3) is 0.400. The van der Waals surface area contributed by atoms with E-state index in [1.807, 2.05) is 36.4 Å². The molecular formula is C40H48O7V. The quantitative estimate of drug-likeness (QED) is 0.135. The van der Waals surface area contributed by atoms with Crippen LogP contribution in [0.15, 0.2) is 103 Å². The Morgan fingerprint density at radius 3 is 1.29 bits per heavy atom. The molecule has 0 bridgehead atoms. The van der Waals surface area contributed by atoms with Crippen LogP contribution >= 0.6 is 0 Å². The van der Waals surface area contributed by atoms with Crippen LogP contribution in [0.25, 0.3) is 0 Å². The van der Waals surface area contributed by atoms with Crippen molar-refractivity contribution in [1.82, 2.24) is 0 Å². The van der Waals surface area contributed by atoms with Crippen molar-refractivity contribution in [2.75, 3.05) is 46.8 Å². The number of benzene rings is 4. The van der Waals surface area contributed by atoms with Crippen molar-refractivity contribution in [3.63, 3.8) is 0 Å². The Hall–Kier alpha value is -3.30. The average molecular weight is 692 g/mol. The molecule has 1 N–H and O–H groups in total. The molecule has 2 heterocycles. The zero-order chi connectivity index (χ0) is 33.3. The summed E-state index contributed by atoms with van der Waals surface area (Å²) in [6.45, 7) is 12.3. The van der Waals surface area contributed by atoms with Crippen molar-refractivity contribution < 1.29 is 52.1 Å². The van der Waals surface area contributed by atoms with Crippen LogP contribution in [0.3, 0.4) is 0 Å². The van der Waals surface area contributed by atoms with Crippen molar-refractivity contribution in [2.24, 2.45) is 0 Å². The number of hydrogen-bond acceptors (Lipinski definition) is 7. The van der Waals surface area contributed by atoms with E-state index < -0.39 is 6.10 Å². The Kier molecular flexibility index (Phi) is 13.6. The fourth-order valence-corrected chi connectivity index (χ4v) is 5.23. The number of rotatable bonds is 15. The van der Waals surface area contributed by atoms with Crippen LogP contribution in [0, 0.1) is 0 Å². The first-order valence-corrected chi connectivity index (χ1v) is 16.3. The summed E-state index contributed by atoms with van der Waals surface area (Å²) in [5.41, 5.74) is 4.86. The minimum Gasteiger partial charge on any atom is -0.491 e. The van der Waals surface area contributed by atoms with Crippen LogP contribution in [0.1, 0.15) is 49.9 Å². The van der Waals surface area contributed by atoms with Crippen LogP contribution in [0.2, 0.25) is 0 Å². The first-order chi connectivity index (χ1) is 22.6. The summed E-state index contributed by atoms with van der Waals surface area (Å²) < 4.78 is 32.2. The molecule has 0 amide bonds. The Labute approximate surface area is 297 Å². The smallest absolute Gasteiger partial charge is 0.119 e. The van der Waals surface area contributed by atoms with Gasteiger partial charge in [-0.3, -0.25) is 0 Å². The van der Waals surface area contributed by atoms with Gasteiger partial charge in [-0.25, -0.2) is 0 Å². The largest absolute Gasteiger partial charge is 0.491 e. The van der Waals surface area contributed by atoms with Gasteiger partial charge < -0.3 is 33.5 Å². The second kappa shape index (κ2) is 17.4. The third-order valence-electron chi connectivity index (χ3n) is 8.70. The average Bonchev–Trinajstić information content (AvgIpc) is 4.03. The predicted octanol–water partition coefficient (Wildman–Crippen LogP) is 6.96. The number of hydrogen-bond donors (Lipinski definition) is 1. The van der Waals surface area contributed by atoms with Gasteiger partial charge in [-0.05, 0) is 58.7 Å². The number of aliphatic hydroxyl groups is 1. The molecular weight excluding hydrogens is 643 g/mol. The molecule has 4 aromatic rings. The van der Waals surface area contributed by atoms with Crippen molar-refractivity contribution in [3.05, 3.63) is 125 Å². The SMILES string of the molecule is CC(C)(c1ccccc1)c1ccc(OCC2CO2)cc1.COCC(O)COc1ccc(C(C)(C)c2ccc(OCC3CO3)cc2)cc1.[V]. The minimum atomic E-state index is -0.627. The molecule has 0 saturated carbocycles. The van der Waals surface area contributed by atoms with Gasteiger partial charge in [-0.15, -0.1) is 0 Å². The maximum atomic E-state index is 9.67. The molecule has 4 aromatic carbocycles. The molecule has 6 rings (SSSR count). The first-order valence-electron chi connectivity index (χ1n) is 16.3. The molecule has 255 valence electrons. The van der Waals surface area contributed by atoms with E-state index in [1.54, 1.807) is 7.11 Å². The third-order valence-corrected chi connectivity index (χ3v) is 8.70. The van der Waals surface area contributed by atoms with E-state index in [9.17, 15) is 5.11 Å². The Balaban J connectivity index is 0.000000221. The molecule has 7 nitrogen and oxygen atoms in total. The summed E-state index contributed by atoms with van der Waals surface area (Å²) in [5, 5.41) is 9.67. The van der Waals surface area contributed by atoms with E-state index in [0.717, 1.165) is 30.5 Å². The van der Waals surface area contributed by atoms with E-state index in [-0.39, 0.29) is 48.7 Å². The maximum Gasteiger partial charge on any atom is 0.119 e. The number of ether oxygens (including phenoxy) is 6. The van der Waals surface area contributed by atoms with Crippen LogP contribution in [-0.4, -0.2) is 70.2 Å². The molecule has 3 atom stereocenters. The van der Waals surface area contributed by atoms with E-state index in [0.29, 0.717) is 19.3 Å². The maximum absolute atomic E-state index is 9.67. The van der Waals surface area contributed by atoms with Gasteiger partial charge in [0.15, 0.2) is 0 Å². The summed E-state index contributed by atoms with van der Waals surface area (Å²) >= 11 is 0. The molecule has 3 unspecified atom stereocenters. The van der Waals surface area contributed by atoms with Crippen LogP contribution in [0.4, 0.5) is 0 Å². The molecule has 2 aliphatic heterocycles. The van der Waals surface area contributed by atoms with Gasteiger partial charge in [0.1, 0.15) is 55.4 Å². The van der Waals surface area contributed by atoms with Crippen molar-refractivity contribution in [1.29, 1.82) is 0 Å². The minimum absolute atomic E-state index is 0. The Morgan fingerprint density at radius 2 is 0.938 bits per heavy atom. The molecule has 8 heteroatoms. The standard InChI is InChI=1S/C22H28O5.C18H20O2.V/c1-22(2,17-6-10-20(11-7-17)26-14-21-15-27-21)16-4-8-19(9-5-16)25-13-18(23)12-24-3;1-18(2,14-6-4-3-5-7-14)15-8-10-16(11-9-15)19-12-17-13-20-17;/h4-11,18,21,23H,12-15H2,1-3H3;3-11,17H,12-13H2,1-2H3;. The molecule has 2 saturated heterocycles. The summed E-state index contributed by atoms with van der Waals surface area (Å²) in [4.78, 5) is 0. The van der Waals surface area contributed by atoms with Crippen LogP contribution < -0.4 is 14.2 Å². The molecule has 48 heavy (non-hydrogen) atoms. The van der Waals surface area contributed by atoms with Gasteiger partial charge in [-0.1, -0.05) is 94.4 Å². The van der Waals surface area contributed by atoms with E-state index in [1.165, 1.54) is 22.3 Å². The van der Waals surface area contributed by atoms with E-state index in [2.05, 4.69) is 94.4 Å². The van der Waals surface area contributed by atoms with E-state index >= 15 is 0 Å². The first kappa shape index (κ1) is 37.5. The molecule has 2 aliphatic rings. The van der Waals surface area contributed by atoms with Crippen molar-refractivity contribution in [3.8, 4) is 17.2 Å². The predicted molar refractivity (Wildman–Crippen MR) is 184 cm³/mol. The van der Waals surface area contributed by atoms with Gasteiger partial charge >= 0.3 is 0 Å². The zero-order valence-corrected chi connectivity index (χ0v) is 30.0. The Morgan fingerprint density at radius 1 is 0.583 bits per heavy atom. The molecule has 1 radical (unpaired) electrons. The summed E-state index contributed by atoms with van der Waals surface area (Å²) in [6, 6.07) is 35.2. The topological polar surface area (TPSA) is 82.2 Å². The zero-order valence-electron chi connectivity index (χ0n) is 28.6.